The molecule has 222 valence electrons. The number of hydrogen-bond acceptors (Lipinski definition) is 3. The van der Waals surface area contributed by atoms with Crippen molar-refractivity contribution in [2.75, 3.05) is 0 Å². The van der Waals surface area contributed by atoms with E-state index in [1.54, 1.807) is 0 Å². The molecule has 5 heteroatoms. The quantitative estimate of drug-likeness (QED) is 0.185. The fourth-order valence-corrected chi connectivity index (χ4v) is 11.1. The summed E-state index contributed by atoms with van der Waals surface area (Å²) < 4.78 is 8.82. The maximum absolute atomic E-state index is 6.38. The zero-order chi connectivity index (χ0) is 31.3. The van der Waals surface area contributed by atoms with E-state index in [4.69, 9.17) is 14.4 Å². The van der Waals surface area contributed by atoms with Gasteiger partial charge in [0.1, 0.15) is 19.2 Å². The molecule has 0 amide bonds. The Kier molecular flexibility index (Phi) is 5.41. The molecule has 1 aliphatic heterocycles. The second-order valence-corrected chi connectivity index (χ2v) is 17.3. The van der Waals surface area contributed by atoms with Crippen LogP contribution in [0.1, 0.15) is 0 Å². The summed E-state index contributed by atoms with van der Waals surface area (Å²) in [6, 6.07) is 49.4. The van der Waals surface area contributed by atoms with Crippen LogP contribution in [0.5, 0.6) is 0 Å². The van der Waals surface area contributed by atoms with E-state index < -0.39 is 8.07 Å². The van der Waals surface area contributed by atoms with Crippen LogP contribution in [0.3, 0.4) is 0 Å². The fraction of sp³-hybridized carbons (Fsp3) is 0.0476. The highest BCUT2D eigenvalue weighted by atomic mass is 28.3. The number of fused-ring (bicyclic) bond motifs is 10. The Balaban J connectivity index is 1.27. The molecule has 0 radical (unpaired) electrons. The zero-order valence-corrected chi connectivity index (χ0v) is 27.0. The molecule has 0 aliphatic carbocycles. The van der Waals surface area contributed by atoms with E-state index in [0.29, 0.717) is 0 Å². The van der Waals surface area contributed by atoms with Gasteiger partial charge in [-0.3, -0.25) is 0 Å². The lowest BCUT2D eigenvalue weighted by atomic mass is 10.1. The summed E-state index contributed by atoms with van der Waals surface area (Å²) in [6.07, 6.45) is 0. The number of para-hydroxylation sites is 2. The SMILES string of the molecule is C[Si]1(C)c2cc(-n3c4ccccc4c4ccc5oc6ccccc6c5c43)ccc2-c2nc(-c3ccccc3)nc(-c3ccccc3)c21. The monoisotopic (exact) mass is 619 g/mol. The third-order valence-corrected chi connectivity index (χ3v) is 13.5. The Morgan fingerprint density at radius 2 is 1.26 bits per heavy atom. The van der Waals surface area contributed by atoms with Crippen molar-refractivity contribution in [3.63, 3.8) is 0 Å². The van der Waals surface area contributed by atoms with Crippen LogP contribution < -0.4 is 10.4 Å². The minimum Gasteiger partial charge on any atom is -0.456 e. The molecule has 47 heavy (non-hydrogen) atoms. The van der Waals surface area contributed by atoms with Crippen molar-refractivity contribution in [3.8, 4) is 39.6 Å². The first-order valence-electron chi connectivity index (χ1n) is 16.1. The molecule has 4 nitrogen and oxygen atoms in total. The molecular weight excluding hydrogens is 591 g/mol. The van der Waals surface area contributed by atoms with Crippen molar-refractivity contribution >= 4 is 62.2 Å². The van der Waals surface area contributed by atoms with E-state index in [-0.39, 0.29) is 0 Å². The molecule has 0 N–H and O–H groups in total. The zero-order valence-electron chi connectivity index (χ0n) is 26.0. The minimum atomic E-state index is -2.25. The van der Waals surface area contributed by atoms with E-state index in [0.717, 1.165) is 56.0 Å². The number of aromatic nitrogens is 3. The molecule has 0 bridgehead atoms. The average molecular weight is 620 g/mol. The first-order chi connectivity index (χ1) is 23.1. The van der Waals surface area contributed by atoms with Crippen molar-refractivity contribution in [1.29, 1.82) is 0 Å². The van der Waals surface area contributed by atoms with Gasteiger partial charge in [-0.1, -0.05) is 116 Å². The first-order valence-corrected chi connectivity index (χ1v) is 19.1. The lowest BCUT2D eigenvalue weighted by Crippen LogP contribution is -2.50. The van der Waals surface area contributed by atoms with Crippen LogP contribution in [0.4, 0.5) is 0 Å². The van der Waals surface area contributed by atoms with E-state index in [1.165, 1.54) is 37.7 Å². The maximum atomic E-state index is 6.38. The number of benzene rings is 6. The Labute approximate surface area is 272 Å². The van der Waals surface area contributed by atoms with Gasteiger partial charge in [-0.05, 0) is 52.3 Å². The van der Waals surface area contributed by atoms with E-state index >= 15 is 0 Å². The number of hydrogen-bond donors (Lipinski definition) is 0. The van der Waals surface area contributed by atoms with Crippen LogP contribution in [0.25, 0.3) is 83.3 Å². The van der Waals surface area contributed by atoms with Gasteiger partial charge in [0, 0.05) is 33.0 Å². The van der Waals surface area contributed by atoms with Crippen molar-refractivity contribution in [2.45, 2.75) is 13.1 Å². The van der Waals surface area contributed by atoms with Crippen LogP contribution >= 0.6 is 0 Å². The van der Waals surface area contributed by atoms with E-state index in [9.17, 15) is 0 Å². The third-order valence-electron chi connectivity index (χ3n) is 9.98. The lowest BCUT2D eigenvalue weighted by molar-refractivity contribution is 0.669. The van der Waals surface area contributed by atoms with Crippen molar-refractivity contribution in [3.05, 3.63) is 140 Å². The molecular formula is C42H29N3OSi. The van der Waals surface area contributed by atoms with Gasteiger partial charge in [-0.2, -0.15) is 0 Å². The number of furan rings is 1. The van der Waals surface area contributed by atoms with Crippen LogP contribution in [0, 0.1) is 0 Å². The summed E-state index contributed by atoms with van der Waals surface area (Å²) in [5.41, 5.74) is 10.8. The van der Waals surface area contributed by atoms with Crippen molar-refractivity contribution in [2.24, 2.45) is 0 Å². The van der Waals surface area contributed by atoms with Gasteiger partial charge in [-0.25, -0.2) is 9.97 Å². The Bertz CT molecular complexity index is 2710. The predicted octanol–water partition coefficient (Wildman–Crippen LogP) is 9.61. The highest BCUT2D eigenvalue weighted by Gasteiger charge is 2.42. The van der Waals surface area contributed by atoms with Crippen LogP contribution in [-0.2, 0) is 0 Å². The van der Waals surface area contributed by atoms with Crippen LogP contribution in [0.2, 0.25) is 13.1 Å². The van der Waals surface area contributed by atoms with Gasteiger partial charge in [0.15, 0.2) is 5.82 Å². The standard InChI is InChI=1S/C42H29N3OSi/c1-47(2)36-25-28(45-33-19-11-9-17-29(33)30-23-24-35-37(40(30)45)31-18-10-12-20-34(31)46-35)21-22-32(36)39-41(47)38(26-13-5-3-6-14-26)43-42(44-39)27-15-7-4-8-16-27/h3-25H,1-2H3. The molecule has 0 unspecified atom stereocenters. The summed E-state index contributed by atoms with van der Waals surface area (Å²) in [5.74, 6) is 0.765. The average Bonchev–Trinajstić information content (AvgIpc) is 3.74. The van der Waals surface area contributed by atoms with Crippen molar-refractivity contribution < 1.29 is 4.42 Å². The molecule has 3 aromatic heterocycles. The summed E-state index contributed by atoms with van der Waals surface area (Å²) >= 11 is 0. The molecule has 4 heterocycles. The van der Waals surface area contributed by atoms with E-state index in [1.807, 2.05) is 12.1 Å². The Hall–Kier alpha value is -5.78. The lowest BCUT2D eigenvalue weighted by Gasteiger charge is -2.22. The summed E-state index contributed by atoms with van der Waals surface area (Å²) in [7, 11) is -2.25. The third kappa shape index (κ3) is 3.69. The number of rotatable bonds is 3. The smallest absolute Gasteiger partial charge is 0.160 e. The second kappa shape index (κ2) is 9.61. The molecule has 0 fully saturated rings. The molecule has 1 aliphatic rings. The second-order valence-electron chi connectivity index (χ2n) is 13.0. The molecule has 0 saturated heterocycles. The molecule has 6 aromatic carbocycles. The Morgan fingerprint density at radius 1 is 0.574 bits per heavy atom. The molecule has 9 aromatic rings. The molecule has 0 spiro atoms. The highest BCUT2D eigenvalue weighted by Crippen LogP contribution is 2.41. The highest BCUT2D eigenvalue weighted by molar-refractivity contribution is 7.04. The van der Waals surface area contributed by atoms with Gasteiger partial charge in [0.2, 0.25) is 0 Å². The summed E-state index contributed by atoms with van der Waals surface area (Å²) in [4.78, 5) is 10.6. The summed E-state index contributed by atoms with van der Waals surface area (Å²) in [5, 5.41) is 7.44. The predicted molar refractivity (Wildman–Crippen MR) is 197 cm³/mol. The molecule has 0 atom stereocenters. The number of nitrogens with zero attached hydrogens (tertiary/aromatic N) is 3. The van der Waals surface area contributed by atoms with Gasteiger partial charge in [-0.15, -0.1) is 0 Å². The topological polar surface area (TPSA) is 43.9 Å². The summed E-state index contributed by atoms with van der Waals surface area (Å²) in [6.45, 7) is 4.90. The van der Waals surface area contributed by atoms with Gasteiger partial charge in [0.05, 0.1) is 27.8 Å². The fourth-order valence-electron chi connectivity index (χ4n) is 7.83. The minimum absolute atomic E-state index is 0.765. The largest absolute Gasteiger partial charge is 0.456 e. The van der Waals surface area contributed by atoms with Crippen molar-refractivity contribution in [1.82, 2.24) is 14.5 Å². The van der Waals surface area contributed by atoms with Gasteiger partial charge >= 0.3 is 0 Å². The van der Waals surface area contributed by atoms with Gasteiger partial charge < -0.3 is 8.98 Å². The Morgan fingerprint density at radius 3 is 2.06 bits per heavy atom. The first kappa shape index (κ1) is 26.4. The maximum Gasteiger partial charge on any atom is 0.160 e. The van der Waals surface area contributed by atoms with Crippen LogP contribution in [-0.4, -0.2) is 22.6 Å². The molecule has 10 rings (SSSR count). The van der Waals surface area contributed by atoms with Gasteiger partial charge in [0.25, 0.3) is 0 Å². The van der Waals surface area contributed by atoms with Crippen LogP contribution in [0.15, 0.2) is 144 Å². The normalized spacial score (nSPS) is 13.5. The molecule has 0 saturated carbocycles. The van der Waals surface area contributed by atoms with E-state index in [2.05, 4.69) is 145 Å².